The van der Waals surface area contributed by atoms with Gasteiger partial charge in [-0.15, -0.1) is 6.58 Å². The van der Waals surface area contributed by atoms with Gasteiger partial charge >= 0.3 is 0 Å². The summed E-state index contributed by atoms with van der Waals surface area (Å²) in [6, 6.07) is 0. The van der Waals surface area contributed by atoms with Crippen LogP contribution in [0.3, 0.4) is 0 Å². The van der Waals surface area contributed by atoms with Gasteiger partial charge in [0.2, 0.25) is 0 Å². The topological polar surface area (TPSA) is 38.0 Å². The van der Waals surface area contributed by atoms with E-state index in [1.165, 1.54) is 0 Å². The van der Waals surface area contributed by atoms with E-state index in [0.29, 0.717) is 0 Å². The van der Waals surface area contributed by atoms with Crippen molar-refractivity contribution in [2.45, 2.75) is 41.0 Å². The van der Waals surface area contributed by atoms with Crippen molar-refractivity contribution in [3.63, 3.8) is 0 Å². The fourth-order valence-corrected chi connectivity index (χ4v) is 0. The highest BCUT2D eigenvalue weighted by Crippen LogP contribution is 1.66. The van der Waals surface area contributed by atoms with Crippen molar-refractivity contribution in [3.05, 3.63) is 12.7 Å². The van der Waals surface area contributed by atoms with E-state index in [1.54, 1.807) is 7.05 Å². The third-order valence-corrected chi connectivity index (χ3v) is 0.289. The molecular formula is C9H26N2. The minimum Gasteiger partial charge on any atom is -0.272 e. The van der Waals surface area contributed by atoms with Crippen molar-refractivity contribution in [1.82, 2.24) is 5.43 Å². The van der Waals surface area contributed by atoms with Gasteiger partial charge in [0.1, 0.15) is 0 Å². The summed E-state index contributed by atoms with van der Waals surface area (Å²) in [5.74, 6) is 4.60. The fourth-order valence-electron chi connectivity index (χ4n) is 0. The Morgan fingerprint density at radius 3 is 1.36 bits per heavy atom. The lowest BCUT2D eigenvalue weighted by Crippen LogP contribution is -2.13. The molecule has 0 fully saturated rings. The molecule has 0 saturated heterocycles. The van der Waals surface area contributed by atoms with Crippen LogP contribution in [0.4, 0.5) is 0 Å². The Hall–Kier alpha value is -0.340. The number of nitrogens with one attached hydrogen (secondary N) is 1. The van der Waals surface area contributed by atoms with Gasteiger partial charge in [0.25, 0.3) is 0 Å². The zero-order chi connectivity index (χ0) is 10.1. The molecule has 0 atom stereocenters. The number of hydrogen-bond donors (Lipinski definition) is 2. The second-order valence-electron chi connectivity index (χ2n) is 0.986. The van der Waals surface area contributed by atoms with Crippen molar-refractivity contribution in [3.8, 4) is 0 Å². The molecule has 72 valence electrons. The average molecular weight is 162 g/mol. The first-order valence-electron chi connectivity index (χ1n) is 4.31. The molecule has 0 amide bonds. The van der Waals surface area contributed by atoms with Gasteiger partial charge < -0.3 is 0 Å². The standard InChI is InChI=1S/C4H8.2C2H6.CH6N2/c1-3-4-2;2*1-2;1-3-2/h3H,1,4H2,2H3;2*1-2H3;3H,2H2,1H3. The Bertz CT molecular complexity index is 28.7. The van der Waals surface area contributed by atoms with Gasteiger partial charge in [-0.3, -0.25) is 11.3 Å². The molecule has 0 aromatic rings. The molecule has 0 radical (unpaired) electrons. The van der Waals surface area contributed by atoms with Crippen LogP contribution in [-0.2, 0) is 0 Å². The first-order valence-corrected chi connectivity index (χ1v) is 4.31. The predicted molar refractivity (Wildman–Crippen MR) is 56.4 cm³/mol. The molecule has 0 spiro atoms. The van der Waals surface area contributed by atoms with Crippen LogP contribution in [0.5, 0.6) is 0 Å². The Morgan fingerprint density at radius 1 is 1.27 bits per heavy atom. The highest BCUT2D eigenvalue weighted by atomic mass is 15.2. The quantitative estimate of drug-likeness (QED) is 0.353. The molecule has 3 N–H and O–H groups in total. The molecule has 0 bridgehead atoms. The summed E-state index contributed by atoms with van der Waals surface area (Å²) in [6.45, 7) is 13.5. The van der Waals surface area contributed by atoms with Crippen LogP contribution in [0.1, 0.15) is 41.0 Å². The summed E-state index contributed by atoms with van der Waals surface area (Å²) < 4.78 is 0. The molecule has 0 aliphatic heterocycles. The van der Waals surface area contributed by atoms with Crippen LogP contribution in [0.25, 0.3) is 0 Å². The van der Waals surface area contributed by atoms with E-state index in [-0.39, 0.29) is 0 Å². The van der Waals surface area contributed by atoms with Gasteiger partial charge in [-0.1, -0.05) is 40.7 Å². The summed E-state index contributed by atoms with van der Waals surface area (Å²) in [7, 11) is 1.65. The SMILES string of the molecule is C=CCC.CC.CC.CNN. The molecular weight excluding hydrogens is 136 g/mol. The Labute approximate surface area is 72.8 Å². The third-order valence-electron chi connectivity index (χ3n) is 0.289. The summed E-state index contributed by atoms with van der Waals surface area (Å²) in [5, 5.41) is 0. The normalized spacial score (nSPS) is 5.00. The highest BCUT2D eigenvalue weighted by Gasteiger charge is 1.45. The average Bonchev–Trinajstić information content (AvgIpc) is 2.12. The number of hydrazine groups is 1. The van der Waals surface area contributed by atoms with Crippen molar-refractivity contribution in [2.75, 3.05) is 7.05 Å². The van der Waals surface area contributed by atoms with Gasteiger partial charge in [-0.05, 0) is 13.5 Å². The number of nitrogens with two attached hydrogens (primary N) is 1. The van der Waals surface area contributed by atoms with E-state index < -0.39 is 0 Å². The maximum absolute atomic E-state index is 4.60. The molecule has 2 heteroatoms. The third kappa shape index (κ3) is 1300. The minimum atomic E-state index is 1.08. The number of allylic oxidation sites excluding steroid dienone is 1. The largest absolute Gasteiger partial charge is 0.272 e. The predicted octanol–water partition coefficient (Wildman–Crippen LogP) is 2.71. The van der Waals surface area contributed by atoms with Crippen LogP contribution in [0, 0.1) is 0 Å². The van der Waals surface area contributed by atoms with Gasteiger partial charge in [-0.2, -0.15) is 0 Å². The lowest BCUT2D eigenvalue weighted by molar-refractivity contribution is 0.900. The smallest absolute Gasteiger partial charge is 0.00172 e. The van der Waals surface area contributed by atoms with E-state index in [2.05, 4.69) is 24.8 Å². The molecule has 0 saturated carbocycles. The van der Waals surface area contributed by atoms with Crippen LogP contribution in [0.2, 0.25) is 0 Å². The van der Waals surface area contributed by atoms with E-state index >= 15 is 0 Å². The summed E-state index contributed by atoms with van der Waals surface area (Å²) in [6.07, 6.45) is 2.96. The van der Waals surface area contributed by atoms with Crippen molar-refractivity contribution >= 4 is 0 Å². The van der Waals surface area contributed by atoms with E-state index in [9.17, 15) is 0 Å². The van der Waals surface area contributed by atoms with Gasteiger partial charge in [0.05, 0.1) is 0 Å². The zero-order valence-electron chi connectivity index (χ0n) is 9.07. The van der Waals surface area contributed by atoms with Crippen molar-refractivity contribution in [2.24, 2.45) is 5.84 Å². The minimum absolute atomic E-state index is 1.08. The number of rotatable bonds is 1. The Morgan fingerprint density at radius 2 is 1.36 bits per heavy atom. The monoisotopic (exact) mass is 162 g/mol. The molecule has 0 rings (SSSR count). The highest BCUT2D eigenvalue weighted by molar-refractivity contribution is 4.60. The van der Waals surface area contributed by atoms with Crippen molar-refractivity contribution in [1.29, 1.82) is 0 Å². The lowest BCUT2D eigenvalue weighted by Gasteiger charge is -1.62. The summed E-state index contributed by atoms with van der Waals surface area (Å²) in [4.78, 5) is 0. The lowest BCUT2D eigenvalue weighted by atomic mass is 10.5. The Balaban J connectivity index is -0.0000000315. The second-order valence-corrected chi connectivity index (χ2v) is 0.986. The molecule has 0 heterocycles. The molecule has 0 aliphatic rings. The van der Waals surface area contributed by atoms with Crippen LogP contribution >= 0.6 is 0 Å². The molecule has 0 unspecified atom stereocenters. The first kappa shape index (κ1) is 22.4. The second kappa shape index (κ2) is 102. The van der Waals surface area contributed by atoms with Crippen molar-refractivity contribution < 1.29 is 0 Å². The van der Waals surface area contributed by atoms with Gasteiger partial charge in [0, 0.05) is 0 Å². The summed E-state index contributed by atoms with van der Waals surface area (Å²) >= 11 is 0. The van der Waals surface area contributed by atoms with Gasteiger partial charge in [-0.25, -0.2) is 0 Å². The van der Waals surface area contributed by atoms with Crippen LogP contribution < -0.4 is 11.3 Å². The molecule has 11 heavy (non-hydrogen) atoms. The van der Waals surface area contributed by atoms with Crippen LogP contribution in [-0.4, -0.2) is 7.05 Å². The fraction of sp³-hybridized carbons (Fsp3) is 0.778. The molecule has 2 nitrogen and oxygen atoms in total. The summed E-state index contributed by atoms with van der Waals surface area (Å²) in [5.41, 5.74) is 2.25. The van der Waals surface area contributed by atoms with Gasteiger partial charge in [0.15, 0.2) is 0 Å². The number of hydrogen-bond acceptors (Lipinski definition) is 2. The molecule has 0 aromatic carbocycles. The molecule has 0 aromatic heterocycles. The maximum Gasteiger partial charge on any atom is -0.00172 e. The molecule has 0 aliphatic carbocycles. The van der Waals surface area contributed by atoms with E-state index in [0.717, 1.165) is 6.42 Å². The van der Waals surface area contributed by atoms with Crippen LogP contribution in [0.15, 0.2) is 12.7 Å². The Kier molecular flexibility index (Phi) is 209. The maximum atomic E-state index is 4.60. The van der Waals surface area contributed by atoms with E-state index in [4.69, 9.17) is 0 Å². The van der Waals surface area contributed by atoms with E-state index in [1.807, 2.05) is 33.8 Å². The first-order chi connectivity index (χ1) is 5.33. The zero-order valence-corrected chi connectivity index (χ0v) is 9.07.